The van der Waals surface area contributed by atoms with E-state index in [0.717, 1.165) is 26.2 Å². The van der Waals surface area contributed by atoms with Gasteiger partial charge in [0.2, 0.25) is 5.91 Å². The number of likely N-dealkylation sites (N-methyl/N-ethyl adjacent to an activating group) is 1. The van der Waals surface area contributed by atoms with Gasteiger partial charge in [-0.1, -0.05) is 0 Å². The molecule has 4 nitrogen and oxygen atoms in total. The molecule has 68 valence electrons. The number of hydrogen-bond donors (Lipinski definition) is 1. The summed E-state index contributed by atoms with van der Waals surface area (Å²) in [4.78, 5) is 15.2. The number of rotatable bonds is 2. The summed E-state index contributed by atoms with van der Waals surface area (Å²) in [6.45, 7) is 4.37. The molecule has 12 heavy (non-hydrogen) atoms. The number of hydrogen-bond acceptors (Lipinski definition) is 3. The highest BCUT2D eigenvalue weighted by molar-refractivity contribution is 5.78. The maximum atomic E-state index is 10.9. The fourth-order valence-electron chi connectivity index (χ4n) is 1.25. The Kier molecular flexibility index (Phi) is 3.49. The molecule has 2 radical (unpaired) electrons. The summed E-state index contributed by atoms with van der Waals surface area (Å²) >= 11 is 0. The molecule has 1 rings (SSSR count). The molecule has 0 atom stereocenters. The first-order valence-corrected chi connectivity index (χ1v) is 4.12. The van der Waals surface area contributed by atoms with Crippen LogP contribution in [0.4, 0.5) is 0 Å². The minimum absolute atomic E-state index is 0.112. The van der Waals surface area contributed by atoms with Gasteiger partial charge in [0.25, 0.3) is 0 Å². The van der Waals surface area contributed by atoms with Crippen LogP contribution >= 0.6 is 0 Å². The number of amides is 1. The zero-order valence-electron chi connectivity index (χ0n) is 7.42. The van der Waals surface area contributed by atoms with Crippen LogP contribution in [0, 0.1) is 7.05 Å². The Hall–Kier alpha value is -0.610. The molecule has 0 aromatic heterocycles. The fourth-order valence-corrected chi connectivity index (χ4v) is 1.25. The Labute approximate surface area is 73.5 Å². The van der Waals surface area contributed by atoms with E-state index in [2.05, 4.69) is 22.2 Å². The highest BCUT2D eigenvalue weighted by Gasteiger charge is 2.15. The zero-order valence-corrected chi connectivity index (χ0v) is 7.42. The van der Waals surface area contributed by atoms with Crippen LogP contribution in [-0.4, -0.2) is 55.5 Å². The molecule has 0 bridgehead atoms. The van der Waals surface area contributed by atoms with Crippen LogP contribution in [0.3, 0.4) is 0 Å². The molecule has 0 spiro atoms. The molecule has 0 saturated carbocycles. The predicted molar refractivity (Wildman–Crippen MR) is 46.4 cm³/mol. The van der Waals surface area contributed by atoms with Crippen LogP contribution in [0.15, 0.2) is 0 Å². The van der Waals surface area contributed by atoms with Crippen LogP contribution in [0.2, 0.25) is 0 Å². The SMILES string of the molecule is [CH]NC(=O)CN1CCN(C)CC1. The maximum absolute atomic E-state index is 10.9. The van der Waals surface area contributed by atoms with Crippen molar-refractivity contribution < 1.29 is 4.79 Å². The normalized spacial score (nSPS) is 20.8. The summed E-state index contributed by atoms with van der Waals surface area (Å²) in [5, 5.41) is 2.13. The van der Waals surface area contributed by atoms with Crippen molar-refractivity contribution in [3.05, 3.63) is 7.05 Å². The van der Waals surface area contributed by atoms with Gasteiger partial charge in [-0.25, -0.2) is 0 Å². The third-order valence-corrected chi connectivity index (χ3v) is 2.12. The van der Waals surface area contributed by atoms with Crippen molar-refractivity contribution in [3.8, 4) is 0 Å². The zero-order chi connectivity index (χ0) is 8.97. The van der Waals surface area contributed by atoms with E-state index in [9.17, 15) is 4.79 Å². The smallest absolute Gasteiger partial charge is 0.234 e. The van der Waals surface area contributed by atoms with Crippen LogP contribution in [-0.2, 0) is 4.79 Å². The van der Waals surface area contributed by atoms with Gasteiger partial charge in [-0.15, -0.1) is 0 Å². The van der Waals surface area contributed by atoms with E-state index >= 15 is 0 Å². The number of carbonyl (C=O) groups is 1. The van der Waals surface area contributed by atoms with E-state index in [0.29, 0.717) is 6.54 Å². The second-order valence-corrected chi connectivity index (χ2v) is 3.15. The van der Waals surface area contributed by atoms with E-state index in [1.54, 1.807) is 0 Å². The van der Waals surface area contributed by atoms with Crippen molar-refractivity contribution >= 4 is 5.91 Å². The summed E-state index contributed by atoms with van der Waals surface area (Å²) < 4.78 is 0. The largest absolute Gasteiger partial charge is 0.348 e. The van der Waals surface area contributed by atoms with Gasteiger partial charge in [0.05, 0.1) is 13.6 Å². The van der Waals surface area contributed by atoms with E-state index in [-0.39, 0.29) is 5.91 Å². The van der Waals surface area contributed by atoms with E-state index in [1.807, 2.05) is 0 Å². The Morgan fingerprint density at radius 1 is 1.42 bits per heavy atom. The molecule has 1 amide bonds. The average Bonchev–Trinajstić information content (AvgIpc) is 2.09. The van der Waals surface area contributed by atoms with Crippen LogP contribution in [0.1, 0.15) is 0 Å². The second kappa shape index (κ2) is 4.42. The van der Waals surface area contributed by atoms with Crippen molar-refractivity contribution in [3.63, 3.8) is 0 Å². The van der Waals surface area contributed by atoms with Gasteiger partial charge in [0, 0.05) is 26.2 Å². The quantitative estimate of drug-likeness (QED) is 0.540. The molecule has 1 aliphatic heterocycles. The van der Waals surface area contributed by atoms with Crippen LogP contribution < -0.4 is 5.32 Å². The van der Waals surface area contributed by atoms with Gasteiger partial charge >= 0.3 is 0 Å². The standard InChI is InChI=1S/C8H15N3O/c1-9-8(12)7-11-5-3-10(2)4-6-11/h1H,3-7H2,2H3,(H,9,12). The highest BCUT2D eigenvalue weighted by atomic mass is 16.1. The molecule has 4 heteroatoms. The van der Waals surface area contributed by atoms with Crippen molar-refractivity contribution in [2.75, 3.05) is 39.8 Å². The first-order chi connectivity index (χ1) is 5.72. The van der Waals surface area contributed by atoms with Gasteiger partial charge in [0.15, 0.2) is 0 Å². The van der Waals surface area contributed by atoms with Gasteiger partial charge in [-0.3, -0.25) is 9.69 Å². The fraction of sp³-hybridized carbons (Fsp3) is 0.750. The molecule has 1 saturated heterocycles. The monoisotopic (exact) mass is 169 g/mol. The lowest BCUT2D eigenvalue weighted by molar-refractivity contribution is -0.121. The molecule has 1 aliphatic rings. The number of nitrogens with zero attached hydrogens (tertiary/aromatic N) is 2. The molecule has 1 fully saturated rings. The second-order valence-electron chi connectivity index (χ2n) is 3.15. The third-order valence-electron chi connectivity index (χ3n) is 2.12. The highest BCUT2D eigenvalue weighted by Crippen LogP contribution is 1.97. The third kappa shape index (κ3) is 2.79. The Morgan fingerprint density at radius 3 is 2.50 bits per heavy atom. The van der Waals surface area contributed by atoms with Crippen LogP contribution in [0.25, 0.3) is 0 Å². The molecule has 0 unspecified atom stereocenters. The minimum Gasteiger partial charge on any atom is -0.348 e. The van der Waals surface area contributed by atoms with Gasteiger partial charge in [0.1, 0.15) is 0 Å². The van der Waals surface area contributed by atoms with Crippen LogP contribution in [0.5, 0.6) is 0 Å². The molecular weight excluding hydrogens is 154 g/mol. The molecule has 0 aromatic carbocycles. The summed E-state index contributed by atoms with van der Waals surface area (Å²) in [5.74, 6) is -0.112. The van der Waals surface area contributed by atoms with Crippen molar-refractivity contribution in [1.82, 2.24) is 15.1 Å². The Bertz CT molecular complexity index is 152. The Balaban J connectivity index is 2.21. The minimum atomic E-state index is -0.112. The number of carbonyl (C=O) groups excluding carboxylic acids is 1. The predicted octanol–water partition coefficient (Wildman–Crippen LogP) is -0.981. The number of piperazine rings is 1. The van der Waals surface area contributed by atoms with Crippen molar-refractivity contribution in [2.45, 2.75) is 0 Å². The first kappa shape index (κ1) is 9.48. The lowest BCUT2D eigenvalue weighted by Crippen LogP contribution is -2.47. The van der Waals surface area contributed by atoms with E-state index in [1.165, 1.54) is 0 Å². The van der Waals surface area contributed by atoms with E-state index < -0.39 is 0 Å². The van der Waals surface area contributed by atoms with Crippen molar-refractivity contribution in [2.24, 2.45) is 0 Å². The average molecular weight is 169 g/mol. The molecule has 1 heterocycles. The topological polar surface area (TPSA) is 35.6 Å². The molecule has 1 N–H and O–H groups in total. The van der Waals surface area contributed by atoms with Gasteiger partial charge in [-0.2, -0.15) is 0 Å². The summed E-state index contributed by atoms with van der Waals surface area (Å²) in [6, 6.07) is 0. The van der Waals surface area contributed by atoms with Gasteiger partial charge < -0.3 is 10.2 Å². The number of nitrogens with one attached hydrogen (secondary N) is 1. The molecule has 0 aliphatic carbocycles. The Morgan fingerprint density at radius 2 is 2.00 bits per heavy atom. The lowest BCUT2D eigenvalue weighted by Gasteiger charge is -2.31. The summed E-state index contributed by atoms with van der Waals surface area (Å²) in [5.41, 5.74) is 0. The summed E-state index contributed by atoms with van der Waals surface area (Å²) in [6.07, 6.45) is 0. The maximum Gasteiger partial charge on any atom is 0.234 e. The summed E-state index contributed by atoms with van der Waals surface area (Å²) in [7, 11) is 7.06. The first-order valence-electron chi connectivity index (χ1n) is 4.12. The van der Waals surface area contributed by atoms with E-state index in [4.69, 9.17) is 7.05 Å². The lowest BCUT2D eigenvalue weighted by atomic mass is 10.3. The molecular formula is C8H15N3O. The van der Waals surface area contributed by atoms with Crippen molar-refractivity contribution in [1.29, 1.82) is 0 Å². The van der Waals surface area contributed by atoms with Gasteiger partial charge in [-0.05, 0) is 7.05 Å². The molecule has 0 aromatic rings.